The molecule has 0 atom stereocenters. The highest BCUT2D eigenvalue weighted by Gasteiger charge is 2.54. The van der Waals surface area contributed by atoms with Crippen molar-refractivity contribution in [3.63, 3.8) is 0 Å². The highest BCUT2D eigenvalue weighted by atomic mass is 36.0. The summed E-state index contributed by atoms with van der Waals surface area (Å²) in [5, 5.41) is 19.3. The molecule has 0 bridgehead atoms. The van der Waals surface area contributed by atoms with Crippen molar-refractivity contribution in [2.45, 2.75) is 101 Å². The van der Waals surface area contributed by atoms with Gasteiger partial charge in [-0.05, 0) is 127 Å². The van der Waals surface area contributed by atoms with E-state index in [2.05, 4.69) is 76.4 Å². The number of para-hydroxylation sites is 2. The number of hydrogen-bond donors (Lipinski definition) is 3. The van der Waals surface area contributed by atoms with Crippen molar-refractivity contribution < 1.29 is 45.7 Å². The minimum absolute atomic E-state index is 0.290. The van der Waals surface area contributed by atoms with Crippen molar-refractivity contribution in [1.82, 2.24) is 24.5 Å². The number of carboxylic acid groups (broad SMARTS) is 1. The van der Waals surface area contributed by atoms with Crippen LogP contribution in [0, 0.1) is 29.1 Å². The largest absolute Gasteiger partial charge is 0.481 e. The molecular formula is C56H59Cl3F5N7O5S. The number of carboxylic acids is 1. The third kappa shape index (κ3) is 16.3. The molecule has 410 valence electrons. The van der Waals surface area contributed by atoms with Crippen LogP contribution < -0.4 is 11.1 Å². The summed E-state index contributed by atoms with van der Waals surface area (Å²) >= 11 is 5.43. The second kappa shape index (κ2) is 27.7. The van der Waals surface area contributed by atoms with E-state index in [1.807, 2.05) is 0 Å². The normalized spacial score (nSPS) is 14.6. The Balaban J connectivity index is 0.000000183. The third-order valence-corrected chi connectivity index (χ3v) is 13.3. The van der Waals surface area contributed by atoms with E-state index in [9.17, 15) is 36.3 Å². The van der Waals surface area contributed by atoms with Crippen LogP contribution in [0.2, 0.25) is 0 Å². The molecule has 0 aliphatic heterocycles. The first-order valence-corrected chi connectivity index (χ1v) is 27.6. The molecule has 2 heterocycles. The number of nitrogen functional groups attached to an aromatic ring is 1. The van der Waals surface area contributed by atoms with Crippen LogP contribution in [0.1, 0.15) is 89.8 Å². The van der Waals surface area contributed by atoms with Crippen LogP contribution in [0.3, 0.4) is 0 Å². The zero-order chi connectivity index (χ0) is 56.7. The standard InChI is InChI=1S/C19H15F2N3O.C10H8ClFO.C10H9FO2.C9H8FN3.C8H19N.Cl2OS/c20-14-6-2-1-5-13(14)19(10-11-19)18(25)22-17-9-12-24(23-17)16-8-4-3-7-15(16)21;11-9(13)10(5-6-10)7-3-1-2-4-8(7)12;11-8-4-2-1-3-7(8)10(5-6-10)9(12)13;10-7-3-1-2-4-8(7)13-6-5-9(11)12-13;1-6-9(7(2)3)8(4)5;1-4(2)3/h1-9,12H,10-11H2,(H,22,23,25);1-4H,5-6H2;1-4H,5-6H2,(H,12,13);1-6H,(H2,11,12);7-8H,6H2,1-5H3;. The van der Waals surface area contributed by atoms with Gasteiger partial charge >= 0.3 is 5.97 Å². The Morgan fingerprint density at radius 2 is 0.961 bits per heavy atom. The van der Waals surface area contributed by atoms with E-state index < -0.39 is 48.3 Å². The quantitative estimate of drug-likeness (QED) is 0.0797. The number of rotatable bonds is 12. The van der Waals surface area contributed by atoms with Crippen LogP contribution in [-0.4, -0.2) is 69.5 Å². The molecule has 12 nitrogen and oxygen atoms in total. The molecule has 3 fully saturated rings. The maximum absolute atomic E-state index is 14.1. The van der Waals surface area contributed by atoms with Crippen molar-refractivity contribution >= 4 is 70.9 Å². The predicted octanol–water partition coefficient (Wildman–Crippen LogP) is 13.1. The fraction of sp³-hybridized carbons (Fsp3) is 0.304. The van der Waals surface area contributed by atoms with E-state index in [-0.39, 0.29) is 23.4 Å². The summed E-state index contributed by atoms with van der Waals surface area (Å²) in [5.74, 6) is -2.39. The van der Waals surface area contributed by atoms with E-state index in [0.717, 1.165) is 6.54 Å². The van der Waals surface area contributed by atoms with Gasteiger partial charge in [-0.2, -0.15) is 5.10 Å². The zero-order valence-electron chi connectivity index (χ0n) is 42.8. The maximum atomic E-state index is 14.1. The fourth-order valence-corrected chi connectivity index (χ4v) is 8.84. The van der Waals surface area contributed by atoms with Gasteiger partial charge in [0.15, 0.2) is 5.82 Å². The van der Waals surface area contributed by atoms with Crippen molar-refractivity contribution in [2.24, 2.45) is 0 Å². The number of aliphatic carboxylic acids is 1. The van der Waals surface area contributed by atoms with Crippen LogP contribution in [0.15, 0.2) is 146 Å². The number of carbonyl (C=O) groups is 3. The molecule has 3 saturated carbocycles. The van der Waals surface area contributed by atoms with E-state index in [4.69, 9.17) is 26.7 Å². The monoisotopic (exact) mass is 1140 g/mol. The molecule has 1 amide bonds. The van der Waals surface area contributed by atoms with E-state index >= 15 is 0 Å². The Kier molecular flexibility index (Phi) is 22.1. The van der Waals surface area contributed by atoms with Gasteiger partial charge < -0.3 is 16.2 Å². The van der Waals surface area contributed by atoms with E-state index in [0.29, 0.717) is 90.3 Å². The molecular weight excluding hydrogens is 1080 g/mol. The van der Waals surface area contributed by atoms with Gasteiger partial charge in [0.25, 0.3) is 0 Å². The number of aromatic nitrogens is 4. The summed E-state index contributed by atoms with van der Waals surface area (Å²) < 4.78 is 79.4. The van der Waals surface area contributed by atoms with Crippen LogP contribution in [0.25, 0.3) is 11.4 Å². The Labute approximate surface area is 460 Å². The van der Waals surface area contributed by atoms with E-state index in [1.165, 1.54) is 39.7 Å². The zero-order valence-corrected chi connectivity index (χ0v) is 45.9. The summed E-state index contributed by atoms with van der Waals surface area (Å²) in [6.45, 7) is 12.3. The van der Waals surface area contributed by atoms with Gasteiger partial charge in [-0.3, -0.25) is 19.3 Å². The number of hydrogen-bond acceptors (Lipinski definition) is 8. The van der Waals surface area contributed by atoms with Crippen molar-refractivity contribution in [3.8, 4) is 11.4 Å². The first-order chi connectivity index (χ1) is 36.5. The first-order valence-electron chi connectivity index (χ1n) is 24.4. The Bertz CT molecular complexity index is 3050. The summed E-state index contributed by atoms with van der Waals surface area (Å²) in [4.78, 5) is 37.1. The molecule has 21 heteroatoms. The first kappa shape index (κ1) is 61.4. The van der Waals surface area contributed by atoms with E-state index in [1.54, 1.807) is 116 Å². The number of benzene rings is 5. The maximum Gasteiger partial charge on any atom is 0.314 e. The lowest BCUT2D eigenvalue weighted by molar-refractivity contribution is -0.140. The number of nitrogens with one attached hydrogen (secondary N) is 1. The topological polar surface area (TPSA) is 165 Å². The Hall–Kier alpha value is -6.44. The van der Waals surface area contributed by atoms with Gasteiger partial charge in [0.05, 0.1) is 16.2 Å². The molecule has 5 aromatic carbocycles. The summed E-state index contributed by atoms with van der Waals surface area (Å²) in [6.07, 6.45) is 6.78. The lowest BCUT2D eigenvalue weighted by Crippen LogP contribution is -2.36. The average Bonchev–Trinajstić information content (AvgIpc) is 4.34. The number of nitrogens with zero attached hydrogens (tertiary/aromatic N) is 5. The van der Waals surface area contributed by atoms with Gasteiger partial charge in [-0.25, -0.2) is 35.5 Å². The van der Waals surface area contributed by atoms with Crippen LogP contribution >= 0.6 is 33.0 Å². The number of nitrogens with two attached hydrogens (primary N) is 1. The number of carbonyl (C=O) groups excluding carboxylic acids is 2. The van der Waals surface area contributed by atoms with Crippen LogP contribution in [-0.2, 0) is 39.9 Å². The van der Waals surface area contributed by atoms with Gasteiger partial charge in [0.2, 0.25) is 20.4 Å². The lowest BCUT2D eigenvalue weighted by atomic mass is 9.94. The van der Waals surface area contributed by atoms with Gasteiger partial charge in [-0.1, -0.05) is 85.8 Å². The molecule has 3 aliphatic rings. The fourth-order valence-electron chi connectivity index (χ4n) is 8.55. The summed E-state index contributed by atoms with van der Waals surface area (Å²) in [5.41, 5.74) is 4.79. The van der Waals surface area contributed by atoms with Crippen LogP contribution in [0.4, 0.5) is 33.6 Å². The molecule has 2 aromatic heterocycles. The SMILES string of the molecule is CCN(C(C)C)C(C)C.Nc1ccn(-c2ccccc2F)n1.O=C(Cl)C1(c2ccccc2F)CC1.O=C(Nc1ccn(-c2ccccc2F)n1)C1(c2ccccc2F)CC1.O=C(O)C1(c2ccccc2F)CC1.O=S(Cl)Cl. The molecule has 10 rings (SSSR count). The minimum atomic E-state index is -1.67. The molecule has 3 aliphatic carbocycles. The summed E-state index contributed by atoms with van der Waals surface area (Å²) in [7, 11) is 7.36. The molecule has 0 unspecified atom stereocenters. The van der Waals surface area contributed by atoms with Gasteiger partial charge in [0.1, 0.15) is 46.3 Å². The molecule has 0 spiro atoms. The highest BCUT2D eigenvalue weighted by Crippen LogP contribution is 2.51. The Morgan fingerprint density at radius 1 is 0.610 bits per heavy atom. The van der Waals surface area contributed by atoms with Gasteiger partial charge in [0, 0.05) is 74.7 Å². The highest BCUT2D eigenvalue weighted by molar-refractivity contribution is 8.26. The smallest absolute Gasteiger partial charge is 0.314 e. The van der Waals surface area contributed by atoms with Crippen molar-refractivity contribution in [2.75, 3.05) is 17.6 Å². The second-order valence-corrected chi connectivity index (χ2v) is 21.5. The molecule has 0 saturated heterocycles. The molecule has 7 aromatic rings. The van der Waals surface area contributed by atoms with Crippen molar-refractivity contribution in [3.05, 3.63) is 192 Å². The lowest BCUT2D eigenvalue weighted by Gasteiger charge is -2.28. The Morgan fingerprint density at radius 3 is 1.27 bits per heavy atom. The summed E-state index contributed by atoms with van der Waals surface area (Å²) in [6, 6.07) is 35.9. The minimum Gasteiger partial charge on any atom is -0.481 e. The average molecular weight is 1140 g/mol. The van der Waals surface area contributed by atoms with Crippen LogP contribution in [0.5, 0.6) is 0 Å². The predicted molar refractivity (Wildman–Crippen MR) is 293 cm³/mol. The van der Waals surface area contributed by atoms with Crippen molar-refractivity contribution in [1.29, 1.82) is 0 Å². The number of amides is 1. The molecule has 4 N–H and O–H groups in total. The number of anilines is 2. The van der Waals surface area contributed by atoms with Gasteiger partial charge in [-0.15, -0.1) is 5.10 Å². The third-order valence-electron chi connectivity index (χ3n) is 13.0. The molecule has 0 radical (unpaired) electrons. The number of halogens is 8. The molecule has 77 heavy (non-hydrogen) atoms. The second-order valence-electron chi connectivity index (χ2n) is 18.7.